The zero-order valence-corrected chi connectivity index (χ0v) is 10.5. The maximum absolute atomic E-state index is 13.8. The molecule has 1 N–H and O–H groups in total. The molecule has 0 aliphatic rings. The Hall–Kier alpha value is -1.61. The van der Waals surface area contributed by atoms with Gasteiger partial charge in [-0.05, 0) is 31.2 Å². The highest BCUT2D eigenvalue weighted by Gasteiger charge is 2.16. The molecule has 1 aromatic carbocycles. The van der Waals surface area contributed by atoms with Crippen molar-refractivity contribution in [1.29, 1.82) is 0 Å². The second-order valence-electron chi connectivity index (χ2n) is 4.31. The van der Waals surface area contributed by atoms with Gasteiger partial charge in [0.2, 0.25) is 0 Å². The third-order valence-corrected chi connectivity index (χ3v) is 2.91. The molecule has 96 valence electrons. The number of benzene rings is 1. The molecule has 0 amide bonds. The summed E-state index contributed by atoms with van der Waals surface area (Å²) in [6, 6.07) is 10.6. The molecular weight excluding hydrogens is 229 g/mol. The molecule has 1 unspecified atom stereocenters. The van der Waals surface area contributed by atoms with Crippen LogP contribution in [0.1, 0.15) is 30.7 Å². The van der Waals surface area contributed by atoms with E-state index in [0.29, 0.717) is 12.0 Å². The highest BCUT2D eigenvalue weighted by molar-refractivity contribution is 5.22. The van der Waals surface area contributed by atoms with Crippen LogP contribution in [0.4, 0.5) is 4.39 Å². The van der Waals surface area contributed by atoms with Gasteiger partial charge in [0.05, 0.1) is 6.26 Å². The van der Waals surface area contributed by atoms with Gasteiger partial charge in [0.25, 0.3) is 0 Å². The molecule has 2 rings (SSSR count). The zero-order chi connectivity index (χ0) is 12.8. The van der Waals surface area contributed by atoms with Crippen molar-refractivity contribution in [2.45, 2.75) is 25.8 Å². The van der Waals surface area contributed by atoms with E-state index in [0.717, 1.165) is 18.7 Å². The van der Waals surface area contributed by atoms with Crippen molar-refractivity contribution in [3.05, 3.63) is 59.8 Å². The summed E-state index contributed by atoms with van der Waals surface area (Å²) in [5.74, 6) is 0.699. The number of hydrogen-bond donors (Lipinski definition) is 1. The standard InChI is InChI=1S/C15H18FNO/c1-2-9-17-15(11-12-6-5-10-18-12)13-7-3-4-8-14(13)16/h3-8,10,15,17H,2,9,11H2,1H3. The van der Waals surface area contributed by atoms with Crippen LogP contribution in [0.3, 0.4) is 0 Å². The SMILES string of the molecule is CCCNC(Cc1ccco1)c1ccccc1F. The van der Waals surface area contributed by atoms with Gasteiger partial charge >= 0.3 is 0 Å². The molecule has 0 aliphatic carbocycles. The second kappa shape index (κ2) is 6.36. The summed E-state index contributed by atoms with van der Waals surface area (Å²) in [7, 11) is 0. The summed E-state index contributed by atoms with van der Waals surface area (Å²) in [5.41, 5.74) is 0.697. The summed E-state index contributed by atoms with van der Waals surface area (Å²) in [5, 5.41) is 3.36. The lowest BCUT2D eigenvalue weighted by molar-refractivity contribution is 0.438. The molecule has 18 heavy (non-hydrogen) atoms. The highest BCUT2D eigenvalue weighted by Crippen LogP contribution is 2.21. The molecule has 0 radical (unpaired) electrons. The summed E-state index contributed by atoms with van der Waals surface area (Å²) >= 11 is 0. The van der Waals surface area contributed by atoms with Gasteiger partial charge in [-0.15, -0.1) is 0 Å². The topological polar surface area (TPSA) is 25.2 Å². The fraction of sp³-hybridized carbons (Fsp3) is 0.333. The van der Waals surface area contributed by atoms with Crippen LogP contribution in [-0.2, 0) is 6.42 Å². The van der Waals surface area contributed by atoms with Gasteiger partial charge in [-0.1, -0.05) is 25.1 Å². The summed E-state index contributed by atoms with van der Waals surface area (Å²) < 4.78 is 19.2. The number of hydrogen-bond acceptors (Lipinski definition) is 2. The van der Waals surface area contributed by atoms with E-state index in [4.69, 9.17) is 4.42 Å². The highest BCUT2D eigenvalue weighted by atomic mass is 19.1. The lowest BCUT2D eigenvalue weighted by Crippen LogP contribution is -2.24. The molecule has 2 aromatic rings. The van der Waals surface area contributed by atoms with Gasteiger partial charge in [0, 0.05) is 18.0 Å². The number of furan rings is 1. The molecule has 0 saturated heterocycles. The lowest BCUT2D eigenvalue weighted by atomic mass is 10.0. The molecule has 0 fully saturated rings. The molecule has 0 bridgehead atoms. The van der Waals surface area contributed by atoms with Crippen LogP contribution in [0, 0.1) is 5.82 Å². The van der Waals surface area contributed by atoms with Crippen molar-refractivity contribution in [3.8, 4) is 0 Å². The van der Waals surface area contributed by atoms with Crippen LogP contribution in [0.2, 0.25) is 0 Å². The van der Waals surface area contributed by atoms with E-state index in [-0.39, 0.29) is 11.9 Å². The maximum atomic E-state index is 13.8. The summed E-state index contributed by atoms with van der Waals surface area (Å²) in [4.78, 5) is 0. The van der Waals surface area contributed by atoms with Gasteiger partial charge in [-0.25, -0.2) is 4.39 Å². The monoisotopic (exact) mass is 247 g/mol. The van der Waals surface area contributed by atoms with E-state index in [2.05, 4.69) is 12.2 Å². The summed E-state index contributed by atoms with van der Waals surface area (Å²) in [6.07, 6.45) is 3.32. The minimum Gasteiger partial charge on any atom is -0.469 e. The Bertz CT molecular complexity index is 467. The Labute approximate surface area is 107 Å². The van der Waals surface area contributed by atoms with Gasteiger partial charge in [-0.3, -0.25) is 0 Å². The van der Waals surface area contributed by atoms with Crippen LogP contribution in [-0.4, -0.2) is 6.54 Å². The lowest BCUT2D eigenvalue weighted by Gasteiger charge is -2.18. The fourth-order valence-corrected chi connectivity index (χ4v) is 2.00. The predicted molar refractivity (Wildman–Crippen MR) is 69.8 cm³/mol. The second-order valence-corrected chi connectivity index (χ2v) is 4.31. The Morgan fingerprint density at radius 2 is 2.06 bits per heavy atom. The quantitative estimate of drug-likeness (QED) is 0.842. The first-order valence-corrected chi connectivity index (χ1v) is 6.31. The Balaban J connectivity index is 2.16. The average Bonchev–Trinajstić information content (AvgIpc) is 2.88. The molecule has 2 nitrogen and oxygen atoms in total. The molecule has 0 aliphatic heterocycles. The van der Waals surface area contributed by atoms with Crippen molar-refractivity contribution < 1.29 is 8.81 Å². The molecular formula is C15H18FNO. The van der Waals surface area contributed by atoms with Crippen LogP contribution in [0.15, 0.2) is 47.1 Å². The predicted octanol–water partition coefficient (Wildman–Crippen LogP) is 3.70. The zero-order valence-electron chi connectivity index (χ0n) is 10.5. The number of nitrogens with one attached hydrogen (secondary N) is 1. The minimum atomic E-state index is -0.169. The molecule has 1 aromatic heterocycles. The van der Waals surface area contributed by atoms with Crippen molar-refractivity contribution in [3.63, 3.8) is 0 Å². The van der Waals surface area contributed by atoms with Gasteiger partial charge in [0.15, 0.2) is 0 Å². The van der Waals surface area contributed by atoms with Crippen LogP contribution < -0.4 is 5.32 Å². The third-order valence-electron chi connectivity index (χ3n) is 2.91. The van der Waals surface area contributed by atoms with E-state index in [9.17, 15) is 4.39 Å². The minimum absolute atomic E-state index is 0.0442. The molecule has 0 spiro atoms. The van der Waals surface area contributed by atoms with E-state index in [1.54, 1.807) is 12.3 Å². The molecule has 3 heteroatoms. The van der Waals surface area contributed by atoms with Crippen LogP contribution in [0.25, 0.3) is 0 Å². The van der Waals surface area contributed by atoms with Gasteiger partial charge in [-0.2, -0.15) is 0 Å². The van der Waals surface area contributed by atoms with Crippen LogP contribution in [0.5, 0.6) is 0 Å². The largest absolute Gasteiger partial charge is 0.469 e. The smallest absolute Gasteiger partial charge is 0.127 e. The Morgan fingerprint density at radius 1 is 1.22 bits per heavy atom. The van der Waals surface area contributed by atoms with Crippen molar-refractivity contribution in [2.24, 2.45) is 0 Å². The average molecular weight is 247 g/mol. The fourth-order valence-electron chi connectivity index (χ4n) is 2.00. The first-order chi connectivity index (χ1) is 8.81. The number of halogens is 1. The normalized spacial score (nSPS) is 12.6. The van der Waals surface area contributed by atoms with Crippen LogP contribution >= 0.6 is 0 Å². The third kappa shape index (κ3) is 3.20. The van der Waals surface area contributed by atoms with Crippen molar-refractivity contribution in [1.82, 2.24) is 5.32 Å². The Morgan fingerprint density at radius 3 is 2.72 bits per heavy atom. The first kappa shape index (κ1) is 12.8. The maximum Gasteiger partial charge on any atom is 0.127 e. The Kier molecular flexibility index (Phi) is 4.53. The summed E-state index contributed by atoms with van der Waals surface area (Å²) in [6.45, 7) is 2.96. The van der Waals surface area contributed by atoms with E-state index < -0.39 is 0 Å². The van der Waals surface area contributed by atoms with E-state index in [1.807, 2.05) is 24.3 Å². The van der Waals surface area contributed by atoms with Crippen molar-refractivity contribution >= 4 is 0 Å². The van der Waals surface area contributed by atoms with Gasteiger partial charge in [0.1, 0.15) is 11.6 Å². The number of rotatable bonds is 6. The van der Waals surface area contributed by atoms with E-state index in [1.165, 1.54) is 6.07 Å². The molecule has 1 atom stereocenters. The van der Waals surface area contributed by atoms with Gasteiger partial charge < -0.3 is 9.73 Å². The first-order valence-electron chi connectivity index (χ1n) is 6.31. The molecule has 0 saturated carbocycles. The molecule has 1 heterocycles. The van der Waals surface area contributed by atoms with E-state index >= 15 is 0 Å². The van der Waals surface area contributed by atoms with Crippen molar-refractivity contribution in [2.75, 3.05) is 6.54 Å².